The third kappa shape index (κ3) is 2.98. The van der Waals surface area contributed by atoms with Crippen LogP contribution in [-0.4, -0.2) is 28.7 Å². The van der Waals surface area contributed by atoms with E-state index in [1.165, 1.54) is 0 Å². The van der Waals surface area contributed by atoms with Crippen molar-refractivity contribution in [2.45, 2.75) is 25.8 Å². The molecule has 5 nitrogen and oxygen atoms in total. The molecule has 0 bridgehead atoms. The fraction of sp³-hybridized carbons (Fsp3) is 0.500. The number of nitro benzene ring substituents is 1. The molecule has 1 aliphatic rings. The third-order valence-electron chi connectivity index (χ3n) is 3.31. The average Bonchev–Trinajstić information content (AvgIpc) is 2.32. The highest BCUT2D eigenvalue weighted by Crippen LogP contribution is 2.29. The number of nitrogens with zero attached hydrogens (tertiary/aromatic N) is 2. The van der Waals surface area contributed by atoms with Gasteiger partial charge in [-0.15, -0.1) is 0 Å². The number of hydrogen-bond acceptors (Lipinski definition) is 4. The largest absolute Gasteiger partial charge is 0.377 e. The van der Waals surface area contributed by atoms with Crippen molar-refractivity contribution < 1.29 is 4.92 Å². The molecule has 1 aromatic rings. The minimum atomic E-state index is -0.303. The van der Waals surface area contributed by atoms with Crippen LogP contribution in [0, 0.1) is 17.0 Å². The van der Waals surface area contributed by atoms with E-state index in [0.717, 1.165) is 25.9 Å². The zero-order chi connectivity index (χ0) is 13.1. The maximum atomic E-state index is 11.1. The Bertz CT molecular complexity index is 445. The van der Waals surface area contributed by atoms with Gasteiger partial charge in [0.2, 0.25) is 0 Å². The molecular weight excluding hydrogens is 249 g/mol. The molecule has 1 N–H and O–H groups in total. The molecule has 0 aromatic heterocycles. The van der Waals surface area contributed by atoms with Crippen LogP contribution in [0.1, 0.15) is 18.4 Å². The van der Waals surface area contributed by atoms with Crippen molar-refractivity contribution in [3.63, 3.8) is 0 Å². The van der Waals surface area contributed by atoms with Gasteiger partial charge < -0.3 is 5.32 Å². The van der Waals surface area contributed by atoms with Crippen LogP contribution in [0.2, 0.25) is 0 Å². The first-order valence-electron chi connectivity index (χ1n) is 6.08. The molecule has 1 heterocycles. The SMILES string of the molecule is Cc1cccc(NC2CCN(P)CC2)c1[N+](=O)[O-]. The number of hydrogen-bond donors (Lipinski definition) is 1. The molecule has 0 spiro atoms. The molecule has 0 amide bonds. The van der Waals surface area contributed by atoms with Crippen molar-refractivity contribution in [2.24, 2.45) is 0 Å². The maximum absolute atomic E-state index is 11.1. The first-order chi connectivity index (χ1) is 8.58. The van der Waals surface area contributed by atoms with E-state index in [0.29, 0.717) is 17.3 Å². The summed E-state index contributed by atoms with van der Waals surface area (Å²) >= 11 is 0. The van der Waals surface area contributed by atoms with Crippen LogP contribution < -0.4 is 5.32 Å². The molecule has 98 valence electrons. The van der Waals surface area contributed by atoms with Gasteiger partial charge in [0.15, 0.2) is 0 Å². The van der Waals surface area contributed by atoms with E-state index in [1.54, 1.807) is 19.1 Å². The van der Waals surface area contributed by atoms with Gasteiger partial charge in [-0.25, -0.2) is 0 Å². The van der Waals surface area contributed by atoms with Gasteiger partial charge in [0.1, 0.15) is 5.69 Å². The van der Waals surface area contributed by atoms with E-state index < -0.39 is 0 Å². The number of aryl methyl sites for hydroxylation is 1. The second kappa shape index (κ2) is 5.63. The fourth-order valence-corrected chi connectivity index (χ4v) is 2.58. The number of benzene rings is 1. The number of nitro groups is 1. The monoisotopic (exact) mass is 267 g/mol. The predicted molar refractivity (Wildman–Crippen MR) is 75.8 cm³/mol. The van der Waals surface area contributed by atoms with Crippen molar-refractivity contribution >= 4 is 20.8 Å². The van der Waals surface area contributed by atoms with Gasteiger partial charge in [-0.1, -0.05) is 21.5 Å². The molecule has 6 heteroatoms. The molecule has 0 aliphatic carbocycles. The topological polar surface area (TPSA) is 58.4 Å². The lowest BCUT2D eigenvalue weighted by atomic mass is 10.1. The first kappa shape index (κ1) is 13.2. The number of anilines is 1. The molecular formula is C12H18N3O2P. The summed E-state index contributed by atoms with van der Waals surface area (Å²) in [6, 6.07) is 5.74. The summed E-state index contributed by atoms with van der Waals surface area (Å²) in [7, 11) is 2.70. The molecule has 18 heavy (non-hydrogen) atoms. The van der Waals surface area contributed by atoms with Crippen molar-refractivity contribution in [1.82, 2.24) is 4.67 Å². The Morgan fingerprint density at radius 3 is 2.72 bits per heavy atom. The molecule has 2 rings (SSSR count). The van der Waals surface area contributed by atoms with Crippen molar-refractivity contribution in [2.75, 3.05) is 18.4 Å². The molecule has 0 saturated carbocycles. The van der Waals surface area contributed by atoms with Crippen LogP contribution in [0.5, 0.6) is 0 Å². The molecule has 1 aliphatic heterocycles. The zero-order valence-electron chi connectivity index (χ0n) is 10.4. The molecule has 1 atom stereocenters. The highest BCUT2D eigenvalue weighted by Gasteiger charge is 2.21. The minimum Gasteiger partial charge on any atom is -0.377 e. The number of para-hydroxylation sites is 1. The molecule has 0 radical (unpaired) electrons. The summed E-state index contributed by atoms with van der Waals surface area (Å²) in [4.78, 5) is 10.8. The molecule has 1 unspecified atom stereocenters. The summed E-state index contributed by atoms with van der Waals surface area (Å²) in [5.74, 6) is 0. The van der Waals surface area contributed by atoms with Crippen LogP contribution in [0.3, 0.4) is 0 Å². The van der Waals surface area contributed by atoms with Gasteiger partial charge in [-0.2, -0.15) is 0 Å². The van der Waals surface area contributed by atoms with Crippen LogP contribution in [-0.2, 0) is 0 Å². The van der Waals surface area contributed by atoms with Gasteiger partial charge >= 0.3 is 0 Å². The lowest BCUT2D eigenvalue weighted by molar-refractivity contribution is -0.384. The van der Waals surface area contributed by atoms with Gasteiger partial charge in [-0.3, -0.25) is 14.8 Å². The zero-order valence-corrected chi connectivity index (χ0v) is 11.6. The van der Waals surface area contributed by atoms with E-state index in [1.807, 2.05) is 6.07 Å². The summed E-state index contributed by atoms with van der Waals surface area (Å²) in [6.45, 7) is 3.78. The lowest BCUT2D eigenvalue weighted by Gasteiger charge is -2.29. The van der Waals surface area contributed by atoms with Crippen LogP contribution in [0.15, 0.2) is 18.2 Å². The fourth-order valence-electron chi connectivity index (χ4n) is 2.28. The first-order valence-corrected chi connectivity index (χ1v) is 6.59. The predicted octanol–water partition coefficient (Wildman–Crippen LogP) is 2.57. The Hall–Kier alpha value is -1.19. The summed E-state index contributed by atoms with van der Waals surface area (Å²) in [5.41, 5.74) is 1.54. The lowest BCUT2D eigenvalue weighted by Crippen LogP contribution is -2.34. The van der Waals surface area contributed by atoms with E-state index in [9.17, 15) is 10.1 Å². The number of rotatable bonds is 3. The maximum Gasteiger partial charge on any atom is 0.295 e. The standard InChI is InChI=1S/C12H18N3O2P/c1-9-3-2-4-11(12(9)15(16)17)13-10-5-7-14(18)8-6-10/h2-4,10,13H,5-8,18H2,1H3. The third-order valence-corrected chi connectivity index (χ3v) is 3.83. The second-order valence-corrected chi connectivity index (χ2v) is 5.41. The summed E-state index contributed by atoms with van der Waals surface area (Å²) in [5, 5.41) is 14.4. The quantitative estimate of drug-likeness (QED) is 0.519. The molecule has 1 aromatic carbocycles. The Morgan fingerprint density at radius 2 is 2.11 bits per heavy atom. The molecule has 1 saturated heterocycles. The van der Waals surface area contributed by atoms with Gasteiger partial charge in [0, 0.05) is 24.7 Å². The van der Waals surface area contributed by atoms with Crippen LogP contribution in [0.25, 0.3) is 0 Å². The van der Waals surface area contributed by atoms with Crippen LogP contribution in [0.4, 0.5) is 11.4 Å². The van der Waals surface area contributed by atoms with Crippen molar-refractivity contribution in [3.8, 4) is 0 Å². The Kier molecular flexibility index (Phi) is 4.15. The second-order valence-electron chi connectivity index (χ2n) is 4.68. The Morgan fingerprint density at radius 1 is 1.44 bits per heavy atom. The Labute approximate surface area is 109 Å². The van der Waals surface area contributed by atoms with E-state index in [4.69, 9.17) is 0 Å². The van der Waals surface area contributed by atoms with Crippen LogP contribution >= 0.6 is 9.39 Å². The van der Waals surface area contributed by atoms with Gasteiger partial charge in [0.05, 0.1) is 4.92 Å². The molecule has 1 fully saturated rings. The smallest absolute Gasteiger partial charge is 0.295 e. The number of piperidine rings is 1. The summed E-state index contributed by atoms with van der Waals surface area (Å²) in [6.07, 6.45) is 2.02. The number of nitrogens with one attached hydrogen (secondary N) is 1. The normalized spacial score (nSPS) is 17.7. The van der Waals surface area contributed by atoms with Gasteiger partial charge in [0.25, 0.3) is 5.69 Å². The Balaban J connectivity index is 2.14. The highest BCUT2D eigenvalue weighted by atomic mass is 31.0. The van der Waals surface area contributed by atoms with E-state index >= 15 is 0 Å². The highest BCUT2D eigenvalue weighted by molar-refractivity contribution is 7.13. The van der Waals surface area contributed by atoms with Gasteiger partial charge in [-0.05, 0) is 25.8 Å². The van der Waals surface area contributed by atoms with Crippen molar-refractivity contribution in [3.05, 3.63) is 33.9 Å². The average molecular weight is 267 g/mol. The van der Waals surface area contributed by atoms with Crippen molar-refractivity contribution in [1.29, 1.82) is 0 Å². The minimum absolute atomic E-state index is 0.200. The van der Waals surface area contributed by atoms with E-state index in [2.05, 4.69) is 19.4 Å². The van der Waals surface area contributed by atoms with E-state index in [-0.39, 0.29) is 10.6 Å². The summed E-state index contributed by atoms with van der Waals surface area (Å²) < 4.78 is 2.20.